The van der Waals surface area contributed by atoms with Crippen molar-refractivity contribution in [3.05, 3.63) is 54.6 Å². The van der Waals surface area contributed by atoms with Crippen LogP contribution in [-0.2, 0) is 0 Å². The topological polar surface area (TPSA) is 20.3 Å². The minimum Gasteiger partial charge on any atom is -0.377 e. The quantitative estimate of drug-likeness (QED) is 0.590. The lowest BCUT2D eigenvalue weighted by molar-refractivity contribution is 0.104. The summed E-state index contributed by atoms with van der Waals surface area (Å²) < 4.78 is 0. The number of hydrogen-bond donors (Lipinski definition) is 0. The first kappa shape index (κ1) is 11.4. The molecular weight excluding hydrogens is 210 g/mol. The predicted octanol–water partition coefficient (Wildman–Crippen LogP) is 3.27. The summed E-state index contributed by atoms with van der Waals surface area (Å²) in [6.07, 6.45) is 1.36. The second-order valence-electron chi connectivity index (χ2n) is 4.15. The molecule has 0 bridgehead atoms. The first-order valence-corrected chi connectivity index (χ1v) is 5.51. The third-order valence-corrected chi connectivity index (χ3v) is 2.80. The molecule has 0 amide bonds. The number of nitrogens with zero attached hydrogens (tertiary/aromatic N) is 1. The molecule has 2 aromatic rings. The highest BCUT2D eigenvalue weighted by Crippen LogP contribution is 2.30. The van der Waals surface area contributed by atoms with E-state index in [1.165, 1.54) is 6.08 Å². The predicted molar refractivity (Wildman–Crippen MR) is 72.8 cm³/mol. The van der Waals surface area contributed by atoms with E-state index >= 15 is 0 Å². The Morgan fingerprint density at radius 1 is 1.18 bits per heavy atom. The van der Waals surface area contributed by atoms with Crippen LogP contribution < -0.4 is 4.90 Å². The van der Waals surface area contributed by atoms with Crippen molar-refractivity contribution in [2.45, 2.75) is 0 Å². The van der Waals surface area contributed by atoms with Gasteiger partial charge in [0.15, 0.2) is 5.78 Å². The highest BCUT2D eigenvalue weighted by Gasteiger charge is 2.13. The van der Waals surface area contributed by atoms with Crippen LogP contribution in [0.5, 0.6) is 0 Å². The zero-order valence-electron chi connectivity index (χ0n) is 10.1. The summed E-state index contributed by atoms with van der Waals surface area (Å²) in [6.45, 7) is 3.55. The molecule has 0 atom stereocenters. The van der Waals surface area contributed by atoms with Crippen LogP contribution in [0.15, 0.2) is 49.1 Å². The number of hydrogen-bond acceptors (Lipinski definition) is 2. The average molecular weight is 225 g/mol. The fourth-order valence-corrected chi connectivity index (χ4v) is 2.05. The van der Waals surface area contributed by atoms with E-state index in [0.717, 1.165) is 16.5 Å². The number of carbonyl (C=O) groups is 1. The van der Waals surface area contributed by atoms with Crippen molar-refractivity contribution in [3.63, 3.8) is 0 Å². The Balaban J connectivity index is 2.81. The van der Waals surface area contributed by atoms with Crippen molar-refractivity contribution in [3.8, 4) is 0 Å². The molecule has 2 heteroatoms. The Hall–Kier alpha value is -2.09. The van der Waals surface area contributed by atoms with Crippen molar-refractivity contribution >= 4 is 22.2 Å². The lowest BCUT2D eigenvalue weighted by Gasteiger charge is -2.19. The van der Waals surface area contributed by atoms with Crippen LogP contribution in [0.3, 0.4) is 0 Å². The first-order valence-electron chi connectivity index (χ1n) is 5.51. The molecule has 0 aliphatic heterocycles. The largest absolute Gasteiger partial charge is 0.377 e. The van der Waals surface area contributed by atoms with Gasteiger partial charge in [0.05, 0.1) is 5.69 Å². The summed E-state index contributed by atoms with van der Waals surface area (Å²) in [4.78, 5) is 13.8. The SMILES string of the molecule is C=CC(=O)c1ccc2ccccc2c1N(C)C. The van der Waals surface area contributed by atoms with Crippen LogP contribution in [-0.4, -0.2) is 19.9 Å². The summed E-state index contributed by atoms with van der Waals surface area (Å²) in [5, 5.41) is 2.22. The zero-order valence-corrected chi connectivity index (χ0v) is 10.1. The molecule has 0 spiro atoms. The van der Waals surface area contributed by atoms with Crippen molar-refractivity contribution in [1.82, 2.24) is 0 Å². The molecule has 2 aromatic carbocycles. The second kappa shape index (κ2) is 4.42. The van der Waals surface area contributed by atoms with Crippen molar-refractivity contribution in [2.24, 2.45) is 0 Å². The Morgan fingerprint density at radius 2 is 1.88 bits per heavy atom. The summed E-state index contributed by atoms with van der Waals surface area (Å²) in [5.41, 5.74) is 1.65. The number of rotatable bonds is 3. The smallest absolute Gasteiger partial charge is 0.187 e. The van der Waals surface area contributed by atoms with Gasteiger partial charge in [-0.2, -0.15) is 0 Å². The lowest BCUT2D eigenvalue weighted by Crippen LogP contribution is -2.13. The molecule has 0 N–H and O–H groups in total. The lowest BCUT2D eigenvalue weighted by atomic mass is 10.0. The highest BCUT2D eigenvalue weighted by atomic mass is 16.1. The van der Waals surface area contributed by atoms with Crippen molar-refractivity contribution in [1.29, 1.82) is 0 Å². The van der Waals surface area contributed by atoms with Gasteiger partial charge in [-0.3, -0.25) is 4.79 Å². The third kappa shape index (κ3) is 1.94. The molecule has 2 nitrogen and oxygen atoms in total. The molecule has 0 saturated carbocycles. The van der Waals surface area contributed by atoms with E-state index in [1.54, 1.807) is 0 Å². The van der Waals surface area contributed by atoms with Gasteiger partial charge in [0.2, 0.25) is 0 Å². The Bertz CT molecular complexity index is 584. The minimum absolute atomic E-state index is 0.0422. The molecule has 0 saturated heterocycles. The monoisotopic (exact) mass is 225 g/mol. The molecule has 0 fully saturated rings. The molecule has 2 rings (SSSR count). The molecule has 0 aromatic heterocycles. The van der Waals surface area contributed by atoms with Crippen LogP contribution >= 0.6 is 0 Å². The van der Waals surface area contributed by atoms with Crippen LogP contribution in [0.25, 0.3) is 10.8 Å². The van der Waals surface area contributed by atoms with Gasteiger partial charge in [-0.05, 0) is 17.5 Å². The maximum absolute atomic E-state index is 11.8. The van der Waals surface area contributed by atoms with Gasteiger partial charge >= 0.3 is 0 Å². The van der Waals surface area contributed by atoms with Crippen LogP contribution in [0.4, 0.5) is 5.69 Å². The molecule has 0 radical (unpaired) electrons. The van der Waals surface area contributed by atoms with E-state index in [2.05, 4.69) is 6.58 Å². The van der Waals surface area contributed by atoms with E-state index in [9.17, 15) is 4.79 Å². The Kier molecular flexibility index (Phi) is 2.96. The Morgan fingerprint density at radius 3 is 2.53 bits per heavy atom. The molecule has 0 aliphatic carbocycles. The third-order valence-electron chi connectivity index (χ3n) is 2.80. The van der Waals surface area contributed by atoms with Gasteiger partial charge < -0.3 is 4.90 Å². The van der Waals surface area contributed by atoms with Crippen LogP contribution in [0.2, 0.25) is 0 Å². The van der Waals surface area contributed by atoms with Crippen molar-refractivity contribution < 1.29 is 4.79 Å². The maximum atomic E-state index is 11.8. The molecule has 0 unspecified atom stereocenters. The summed E-state index contributed by atoms with van der Waals surface area (Å²) in [7, 11) is 3.89. The van der Waals surface area contributed by atoms with E-state index in [-0.39, 0.29) is 5.78 Å². The van der Waals surface area contributed by atoms with Gasteiger partial charge in [0, 0.05) is 25.0 Å². The molecule has 86 valence electrons. The number of ketones is 1. The van der Waals surface area contributed by atoms with Crippen LogP contribution in [0.1, 0.15) is 10.4 Å². The van der Waals surface area contributed by atoms with E-state index in [4.69, 9.17) is 0 Å². The minimum atomic E-state index is -0.0422. The van der Waals surface area contributed by atoms with Gasteiger partial charge in [-0.15, -0.1) is 0 Å². The maximum Gasteiger partial charge on any atom is 0.187 e. The standard InChI is InChI=1S/C15H15NO/c1-4-14(17)13-10-9-11-7-5-6-8-12(11)15(13)16(2)3/h4-10H,1H2,2-3H3. The fraction of sp³-hybridized carbons (Fsp3) is 0.133. The van der Waals surface area contributed by atoms with Gasteiger partial charge in [0.25, 0.3) is 0 Å². The highest BCUT2D eigenvalue weighted by molar-refractivity contribution is 6.13. The first-order chi connectivity index (χ1) is 8.15. The van der Waals surface area contributed by atoms with E-state index < -0.39 is 0 Å². The summed E-state index contributed by atoms with van der Waals surface area (Å²) >= 11 is 0. The number of anilines is 1. The fourth-order valence-electron chi connectivity index (χ4n) is 2.05. The van der Waals surface area contributed by atoms with Crippen molar-refractivity contribution in [2.75, 3.05) is 19.0 Å². The molecule has 0 heterocycles. The van der Waals surface area contributed by atoms with E-state index in [0.29, 0.717) is 5.56 Å². The van der Waals surface area contributed by atoms with Gasteiger partial charge in [0.1, 0.15) is 0 Å². The zero-order chi connectivity index (χ0) is 12.4. The van der Waals surface area contributed by atoms with Gasteiger partial charge in [-0.25, -0.2) is 0 Å². The summed E-state index contributed by atoms with van der Waals surface area (Å²) in [5.74, 6) is -0.0422. The molecule has 0 aliphatic rings. The number of benzene rings is 2. The number of carbonyl (C=O) groups excluding carboxylic acids is 1. The van der Waals surface area contributed by atoms with Gasteiger partial charge in [-0.1, -0.05) is 36.9 Å². The number of fused-ring (bicyclic) bond motifs is 1. The normalized spacial score (nSPS) is 10.2. The van der Waals surface area contributed by atoms with Crippen LogP contribution in [0, 0.1) is 0 Å². The summed E-state index contributed by atoms with van der Waals surface area (Å²) in [6, 6.07) is 11.9. The molecule has 17 heavy (non-hydrogen) atoms. The Labute approximate surface area is 101 Å². The average Bonchev–Trinajstić information content (AvgIpc) is 2.36. The molecular formula is C15H15NO. The van der Waals surface area contributed by atoms with E-state index in [1.807, 2.05) is 55.4 Å². The number of allylic oxidation sites excluding steroid dienone is 1. The second-order valence-corrected chi connectivity index (χ2v) is 4.15.